The van der Waals surface area contributed by atoms with Crippen LogP contribution in [0.2, 0.25) is 0 Å². The fraction of sp³-hybridized carbons (Fsp3) is 0.394. The molecule has 0 saturated heterocycles. The molecule has 0 aromatic heterocycles. The third-order valence-corrected chi connectivity index (χ3v) is 7.69. The molecule has 0 heterocycles. The summed E-state index contributed by atoms with van der Waals surface area (Å²) in [5.41, 5.74) is 6.37. The summed E-state index contributed by atoms with van der Waals surface area (Å²) in [5, 5.41) is 3.26. The molecule has 4 rings (SSSR count). The summed E-state index contributed by atoms with van der Waals surface area (Å²) in [7, 11) is 0. The van der Waals surface area contributed by atoms with E-state index in [4.69, 9.17) is 4.74 Å². The number of carbonyl (C=O) groups excluding carboxylic acids is 2. The molecule has 38 heavy (non-hydrogen) atoms. The van der Waals surface area contributed by atoms with Gasteiger partial charge in [0.05, 0.1) is 0 Å². The fourth-order valence-corrected chi connectivity index (χ4v) is 5.27. The minimum atomic E-state index is -0.644. The van der Waals surface area contributed by atoms with Crippen molar-refractivity contribution in [3.63, 3.8) is 0 Å². The summed E-state index contributed by atoms with van der Waals surface area (Å²) >= 11 is 0. The van der Waals surface area contributed by atoms with Gasteiger partial charge in [0.15, 0.2) is 6.61 Å². The van der Waals surface area contributed by atoms with Gasteiger partial charge in [0.2, 0.25) is 5.91 Å². The summed E-state index contributed by atoms with van der Waals surface area (Å²) in [6.07, 6.45) is 4.68. The topological polar surface area (TPSA) is 58.6 Å². The van der Waals surface area contributed by atoms with E-state index in [1.165, 1.54) is 0 Å². The second-order valence-electron chi connectivity index (χ2n) is 10.6. The third kappa shape index (κ3) is 7.03. The molecule has 0 bridgehead atoms. The lowest BCUT2D eigenvalue weighted by Gasteiger charge is -2.32. The molecule has 1 fully saturated rings. The van der Waals surface area contributed by atoms with Crippen molar-refractivity contribution in [2.24, 2.45) is 0 Å². The SMILES string of the molecule is Cc1cc(C)c(C)c(OCC(=O)N(Cc2ccccc2C)[C@H](Cc2ccccc2)C(=O)NC2CCCC2)c1. The van der Waals surface area contributed by atoms with E-state index in [9.17, 15) is 9.59 Å². The normalized spacial score (nSPS) is 14.2. The van der Waals surface area contributed by atoms with Crippen LogP contribution in [0.15, 0.2) is 66.7 Å². The van der Waals surface area contributed by atoms with Crippen molar-refractivity contribution in [1.82, 2.24) is 10.2 Å². The summed E-state index contributed by atoms with van der Waals surface area (Å²) in [5.74, 6) is 0.418. The molecule has 0 spiro atoms. The Morgan fingerprint density at radius 2 is 1.61 bits per heavy atom. The molecule has 2 amide bonds. The monoisotopic (exact) mass is 512 g/mol. The molecule has 3 aromatic rings. The van der Waals surface area contributed by atoms with E-state index < -0.39 is 6.04 Å². The number of nitrogens with one attached hydrogen (secondary N) is 1. The lowest BCUT2D eigenvalue weighted by molar-refractivity contribution is -0.143. The van der Waals surface area contributed by atoms with Crippen molar-refractivity contribution in [3.8, 4) is 5.75 Å². The molecule has 1 saturated carbocycles. The van der Waals surface area contributed by atoms with E-state index >= 15 is 0 Å². The molecule has 3 aromatic carbocycles. The van der Waals surface area contributed by atoms with Crippen molar-refractivity contribution in [2.75, 3.05) is 6.61 Å². The maximum atomic E-state index is 13.9. The lowest BCUT2D eigenvalue weighted by atomic mass is 10.0. The van der Waals surface area contributed by atoms with Gasteiger partial charge >= 0.3 is 0 Å². The number of amides is 2. The highest BCUT2D eigenvalue weighted by atomic mass is 16.5. The molecule has 1 aliphatic rings. The number of aryl methyl sites for hydroxylation is 3. The Kier molecular flexibility index (Phi) is 9.22. The van der Waals surface area contributed by atoms with E-state index in [1.807, 2.05) is 88.4 Å². The average molecular weight is 513 g/mol. The summed E-state index contributed by atoms with van der Waals surface area (Å²) < 4.78 is 6.10. The first-order valence-corrected chi connectivity index (χ1v) is 13.7. The van der Waals surface area contributed by atoms with Gasteiger partial charge in [-0.2, -0.15) is 0 Å². The predicted octanol–water partition coefficient (Wildman–Crippen LogP) is 6.00. The quantitative estimate of drug-likeness (QED) is 0.363. The van der Waals surface area contributed by atoms with E-state index in [-0.39, 0.29) is 24.5 Å². The van der Waals surface area contributed by atoms with Gasteiger partial charge in [0.25, 0.3) is 5.91 Å². The van der Waals surface area contributed by atoms with Gasteiger partial charge < -0.3 is 15.0 Å². The first-order valence-electron chi connectivity index (χ1n) is 13.7. The lowest BCUT2D eigenvalue weighted by Crippen LogP contribution is -2.53. The minimum Gasteiger partial charge on any atom is -0.483 e. The van der Waals surface area contributed by atoms with Crippen LogP contribution >= 0.6 is 0 Å². The molecule has 0 unspecified atom stereocenters. The van der Waals surface area contributed by atoms with Crippen LogP contribution in [0.1, 0.15) is 59.1 Å². The van der Waals surface area contributed by atoms with Crippen LogP contribution in [-0.4, -0.2) is 35.4 Å². The van der Waals surface area contributed by atoms with Crippen molar-refractivity contribution >= 4 is 11.8 Å². The molecular weight excluding hydrogens is 472 g/mol. The zero-order chi connectivity index (χ0) is 27.1. The zero-order valence-corrected chi connectivity index (χ0v) is 23.1. The van der Waals surface area contributed by atoms with Crippen molar-refractivity contribution < 1.29 is 14.3 Å². The van der Waals surface area contributed by atoms with Crippen molar-refractivity contribution in [2.45, 2.75) is 78.4 Å². The second-order valence-corrected chi connectivity index (χ2v) is 10.6. The van der Waals surface area contributed by atoms with E-state index in [0.717, 1.165) is 59.1 Å². The van der Waals surface area contributed by atoms with Crippen LogP contribution in [-0.2, 0) is 22.6 Å². The van der Waals surface area contributed by atoms with Crippen LogP contribution in [0.4, 0.5) is 0 Å². The van der Waals surface area contributed by atoms with Crippen LogP contribution in [0.25, 0.3) is 0 Å². The molecule has 200 valence electrons. The summed E-state index contributed by atoms with van der Waals surface area (Å²) in [4.78, 5) is 29.4. The molecule has 1 atom stereocenters. The van der Waals surface area contributed by atoms with Gasteiger partial charge in [-0.25, -0.2) is 0 Å². The van der Waals surface area contributed by atoms with E-state index in [2.05, 4.69) is 11.4 Å². The van der Waals surface area contributed by atoms with Crippen molar-refractivity contribution in [3.05, 3.63) is 100 Å². The van der Waals surface area contributed by atoms with Gasteiger partial charge in [-0.3, -0.25) is 9.59 Å². The minimum absolute atomic E-state index is 0.0923. The Balaban J connectivity index is 1.64. The molecule has 5 heteroatoms. The Morgan fingerprint density at radius 3 is 2.32 bits per heavy atom. The first-order chi connectivity index (χ1) is 18.3. The second kappa shape index (κ2) is 12.8. The maximum absolute atomic E-state index is 13.9. The van der Waals surface area contributed by atoms with Crippen LogP contribution in [0, 0.1) is 27.7 Å². The number of hydrogen-bond acceptors (Lipinski definition) is 3. The largest absolute Gasteiger partial charge is 0.483 e. The number of benzene rings is 3. The third-order valence-electron chi connectivity index (χ3n) is 7.69. The molecule has 0 radical (unpaired) electrons. The smallest absolute Gasteiger partial charge is 0.261 e. The molecule has 5 nitrogen and oxygen atoms in total. The molecule has 1 aliphatic carbocycles. The maximum Gasteiger partial charge on any atom is 0.261 e. The Labute approximate surface area is 227 Å². The highest BCUT2D eigenvalue weighted by Crippen LogP contribution is 2.24. The highest BCUT2D eigenvalue weighted by Gasteiger charge is 2.32. The first kappa shape index (κ1) is 27.4. The van der Waals surface area contributed by atoms with Crippen LogP contribution < -0.4 is 10.1 Å². The number of carbonyl (C=O) groups is 2. The standard InChI is InChI=1S/C33H40N2O3/c1-23-18-25(3)26(4)31(19-23)38-22-32(36)35(21-28-15-9-8-12-24(28)2)30(20-27-13-6-5-7-14-27)33(37)34-29-16-10-11-17-29/h5-9,12-15,18-19,29-30H,10-11,16-17,20-22H2,1-4H3,(H,34,37)/t30-/m1/s1. The Bertz CT molecular complexity index is 1250. The number of hydrogen-bond donors (Lipinski definition) is 1. The van der Waals surface area contributed by atoms with Gasteiger partial charge in [0.1, 0.15) is 11.8 Å². The van der Waals surface area contributed by atoms with Crippen LogP contribution in [0.5, 0.6) is 5.75 Å². The molecule has 1 N–H and O–H groups in total. The van der Waals surface area contributed by atoms with Crippen molar-refractivity contribution in [1.29, 1.82) is 0 Å². The highest BCUT2D eigenvalue weighted by molar-refractivity contribution is 5.88. The van der Waals surface area contributed by atoms with Gasteiger partial charge in [0, 0.05) is 19.0 Å². The van der Waals surface area contributed by atoms with E-state index in [0.29, 0.717) is 18.7 Å². The number of rotatable bonds is 10. The zero-order valence-electron chi connectivity index (χ0n) is 23.1. The average Bonchev–Trinajstić information content (AvgIpc) is 3.41. The molecular formula is C33H40N2O3. The van der Waals surface area contributed by atoms with Gasteiger partial charge in [-0.05, 0) is 80.0 Å². The Hall–Kier alpha value is -3.60. The summed E-state index contributed by atoms with van der Waals surface area (Å²) in [6.45, 7) is 8.33. The molecule has 0 aliphatic heterocycles. The number of ether oxygens (including phenoxy) is 1. The fourth-order valence-electron chi connectivity index (χ4n) is 5.27. The predicted molar refractivity (Wildman–Crippen MR) is 152 cm³/mol. The Morgan fingerprint density at radius 1 is 0.921 bits per heavy atom. The van der Waals surface area contributed by atoms with Gasteiger partial charge in [-0.15, -0.1) is 0 Å². The van der Waals surface area contributed by atoms with Gasteiger partial charge in [-0.1, -0.05) is 73.5 Å². The number of nitrogens with zero attached hydrogens (tertiary/aromatic N) is 1. The summed E-state index contributed by atoms with van der Waals surface area (Å²) in [6, 6.07) is 21.6. The van der Waals surface area contributed by atoms with Crippen LogP contribution in [0.3, 0.4) is 0 Å². The van der Waals surface area contributed by atoms with E-state index in [1.54, 1.807) is 4.90 Å².